The topological polar surface area (TPSA) is 74.0 Å². The minimum Gasteiger partial charge on any atom is -0.357 e. The van der Waals surface area contributed by atoms with Crippen LogP contribution in [0.2, 0.25) is 0 Å². The fourth-order valence-corrected chi connectivity index (χ4v) is 3.53. The summed E-state index contributed by atoms with van der Waals surface area (Å²) in [6.07, 6.45) is 5.98. The molecule has 0 spiro atoms. The van der Waals surface area contributed by atoms with Gasteiger partial charge < -0.3 is 4.98 Å². The van der Waals surface area contributed by atoms with E-state index in [4.69, 9.17) is 0 Å². The van der Waals surface area contributed by atoms with Gasteiger partial charge in [-0.25, -0.2) is 0 Å². The highest BCUT2D eigenvalue weighted by atomic mass is 32.1. The van der Waals surface area contributed by atoms with Crippen molar-refractivity contribution in [1.29, 1.82) is 0 Å². The fourth-order valence-electron chi connectivity index (χ4n) is 2.40. The predicted molar refractivity (Wildman–Crippen MR) is 76.7 cm³/mol. The minimum atomic E-state index is -0.354. The molecule has 104 valence electrons. The number of aromatic amines is 1. The number of hydrogen-bond donors (Lipinski definition) is 3. The van der Waals surface area contributed by atoms with Crippen molar-refractivity contribution >= 4 is 23.2 Å². The molecule has 2 amide bonds. The zero-order valence-electron chi connectivity index (χ0n) is 10.9. The quantitative estimate of drug-likeness (QED) is 0.740. The highest BCUT2D eigenvalue weighted by Gasteiger charge is 2.20. The molecular formula is C14H15N3O2S. The number of thiophene rings is 1. The summed E-state index contributed by atoms with van der Waals surface area (Å²) in [5.41, 5.74) is 7.14. The lowest BCUT2D eigenvalue weighted by molar-refractivity contribution is 0.0844. The van der Waals surface area contributed by atoms with Crippen molar-refractivity contribution in [2.24, 2.45) is 0 Å². The van der Waals surface area contributed by atoms with Crippen LogP contribution in [0.4, 0.5) is 0 Å². The van der Waals surface area contributed by atoms with Gasteiger partial charge in [-0.05, 0) is 43.4 Å². The second kappa shape index (κ2) is 5.50. The zero-order valence-corrected chi connectivity index (χ0v) is 11.7. The molecule has 0 aromatic carbocycles. The van der Waals surface area contributed by atoms with E-state index in [1.807, 2.05) is 5.38 Å². The average Bonchev–Trinajstić information content (AvgIpc) is 3.13. The molecule has 2 aromatic heterocycles. The minimum absolute atomic E-state index is 0.246. The number of amides is 2. The largest absolute Gasteiger partial charge is 0.357 e. The smallest absolute Gasteiger partial charge is 0.286 e. The first-order chi connectivity index (χ1) is 9.75. The number of H-pyrrole nitrogens is 1. The Labute approximate surface area is 120 Å². The molecule has 0 unspecified atom stereocenters. The second-order valence-electron chi connectivity index (χ2n) is 4.75. The molecular weight excluding hydrogens is 274 g/mol. The van der Waals surface area contributed by atoms with Gasteiger partial charge in [0.25, 0.3) is 11.8 Å². The third-order valence-electron chi connectivity index (χ3n) is 3.44. The molecule has 5 nitrogen and oxygen atoms in total. The maximum Gasteiger partial charge on any atom is 0.286 e. The van der Waals surface area contributed by atoms with E-state index in [2.05, 4.69) is 15.8 Å². The summed E-state index contributed by atoms with van der Waals surface area (Å²) in [5.74, 6) is -0.600. The van der Waals surface area contributed by atoms with Crippen LogP contribution in [0.5, 0.6) is 0 Å². The molecule has 3 N–H and O–H groups in total. The summed E-state index contributed by atoms with van der Waals surface area (Å²) >= 11 is 1.63. The van der Waals surface area contributed by atoms with Crippen molar-refractivity contribution in [2.45, 2.75) is 25.7 Å². The van der Waals surface area contributed by atoms with E-state index in [0.29, 0.717) is 11.3 Å². The lowest BCUT2D eigenvalue weighted by Crippen LogP contribution is -2.42. The number of rotatable bonds is 2. The molecule has 0 atom stereocenters. The van der Waals surface area contributed by atoms with E-state index in [9.17, 15) is 9.59 Å². The van der Waals surface area contributed by atoms with Gasteiger partial charge in [0.2, 0.25) is 0 Å². The standard InChI is InChI=1S/C14H15N3O2S/c18-13(16-17-14(19)11-5-3-7-15-11)10-8-20-12-6-2-1-4-9(10)12/h3,5,7-8,15H,1-2,4,6H2,(H,16,18)(H,17,19). The van der Waals surface area contributed by atoms with Crippen LogP contribution in [-0.2, 0) is 12.8 Å². The van der Waals surface area contributed by atoms with E-state index < -0.39 is 0 Å². The number of aryl methyl sites for hydroxylation is 1. The first kappa shape index (κ1) is 12.9. The third-order valence-corrected chi connectivity index (χ3v) is 4.53. The van der Waals surface area contributed by atoms with Crippen LogP contribution in [0.25, 0.3) is 0 Å². The monoisotopic (exact) mass is 289 g/mol. The lowest BCUT2D eigenvalue weighted by Gasteiger charge is -2.12. The number of carbonyl (C=O) groups is 2. The zero-order chi connectivity index (χ0) is 13.9. The van der Waals surface area contributed by atoms with Gasteiger partial charge in [-0.2, -0.15) is 0 Å². The molecule has 0 saturated carbocycles. The van der Waals surface area contributed by atoms with Crippen molar-refractivity contribution in [3.05, 3.63) is 45.4 Å². The molecule has 2 aromatic rings. The van der Waals surface area contributed by atoms with Gasteiger partial charge in [-0.3, -0.25) is 20.4 Å². The van der Waals surface area contributed by atoms with E-state index in [-0.39, 0.29) is 11.8 Å². The van der Waals surface area contributed by atoms with Gasteiger partial charge in [0.1, 0.15) is 5.69 Å². The maximum absolute atomic E-state index is 12.1. The fraction of sp³-hybridized carbons (Fsp3) is 0.286. The number of aromatic nitrogens is 1. The van der Waals surface area contributed by atoms with Crippen molar-refractivity contribution in [3.8, 4) is 0 Å². The van der Waals surface area contributed by atoms with Crippen LogP contribution in [0, 0.1) is 0 Å². The second-order valence-corrected chi connectivity index (χ2v) is 5.71. The molecule has 20 heavy (non-hydrogen) atoms. The summed E-state index contributed by atoms with van der Waals surface area (Å²) in [5, 5.41) is 1.88. The number of hydrogen-bond acceptors (Lipinski definition) is 3. The highest BCUT2D eigenvalue weighted by molar-refractivity contribution is 7.10. The first-order valence-corrected chi connectivity index (χ1v) is 7.47. The Kier molecular flexibility index (Phi) is 3.56. The van der Waals surface area contributed by atoms with E-state index in [1.54, 1.807) is 29.7 Å². The highest BCUT2D eigenvalue weighted by Crippen LogP contribution is 2.29. The third kappa shape index (κ3) is 2.46. The van der Waals surface area contributed by atoms with Gasteiger partial charge >= 0.3 is 0 Å². The molecule has 1 aliphatic rings. The Morgan fingerprint density at radius 1 is 1.15 bits per heavy atom. The molecule has 0 saturated heterocycles. The average molecular weight is 289 g/mol. The van der Waals surface area contributed by atoms with Gasteiger partial charge in [0.15, 0.2) is 0 Å². The number of carbonyl (C=O) groups excluding carboxylic acids is 2. The molecule has 6 heteroatoms. The van der Waals surface area contributed by atoms with Crippen LogP contribution in [0.1, 0.15) is 44.1 Å². The van der Waals surface area contributed by atoms with Crippen LogP contribution < -0.4 is 10.9 Å². The summed E-state index contributed by atoms with van der Waals surface area (Å²) in [6, 6.07) is 3.37. The van der Waals surface area contributed by atoms with Crippen LogP contribution in [-0.4, -0.2) is 16.8 Å². The Balaban J connectivity index is 1.65. The van der Waals surface area contributed by atoms with Gasteiger partial charge in [0, 0.05) is 16.5 Å². The Bertz CT molecular complexity index is 631. The predicted octanol–water partition coefficient (Wildman–Crippen LogP) is 2.03. The normalized spacial score (nSPS) is 13.6. The van der Waals surface area contributed by atoms with Crippen molar-refractivity contribution in [1.82, 2.24) is 15.8 Å². The summed E-state index contributed by atoms with van der Waals surface area (Å²) in [4.78, 5) is 27.9. The molecule has 3 rings (SSSR count). The van der Waals surface area contributed by atoms with Crippen molar-refractivity contribution in [3.63, 3.8) is 0 Å². The Morgan fingerprint density at radius 2 is 1.95 bits per heavy atom. The molecule has 2 heterocycles. The molecule has 1 aliphatic carbocycles. The Hall–Kier alpha value is -2.08. The van der Waals surface area contributed by atoms with Crippen LogP contribution in [0.3, 0.4) is 0 Å². The lowest BCUT2D eigenvalue weighted by atomic mass is 9.96. The number of fused-ring (bicyclic) bond motifs is 1. The van der Waals surface area contributed by atoms with Gasteiger partial charge in [-0.1, -0.05) is 0 Å². The first-order valence-electron chi connectivity index (χ1n) is 6.59. The van der Waals surface area contributed by atoms with Crippen LogP contribution in [0.15, 0.2) is 23.7 Å². The van der Waals surface area contributed by atoms with Gasteiger partial charge in [-0.15, -0.1) is 11.3 Å². The van der Waals surface area contributed by atoms with Crippen molar-refractivity contribution < 1.29 is 9.59 Å². The molecule has 0 fully saturated rings. The van der Waals surface area contributed by atoms with E-state index in [1.165, 1.54) is 11.3 Å². The summed E-state index contributed by atoms with van der Waals surface area (Å²) in [6.45, 7) is 0. The van der Waals surface area contributed by atoms with Crippen LogP contribution >= 0.6 is 11.3 Å². The van der Waals surface area contributed by atoms with Gasteiger partial charge in [0.05, 0.1) is 5.56 Å². The van der Waals surface area contributed by atoms with Crippen molar-refractivity contribution in [2.75, 3.05) is 0 Å². The molecule has 0 aliphatic heterocycles. The summed E-state index contributed by atoms with van der Waals surface area (Å²) < 4.78 is 0. The maximum atomic E-state index is 12.1. The van der Waals surface area contributed by atoms with E-state index >= 15 is 0 Å². The Morgan fingerprint density at radius 3 is 2.75 bits per heavy atom. The van der Waals surface area contributed by atoms with E-state index in [0.717, 1.165) is 24.8 Å². The summed E-state index contributed by atoms with van der Waals surface area (Å²) in [7, 11) is 0. The SMILES string of the molecule is O=C(NNC(=O)c1csc2c1CCCC2)c1ccc[nH]1. The molecule has 0 radical (unpaired) electrons. The number of hydrazine groups is 1. The molecule has 0 bridgehead atoms. The number of nitrogens with one attached hydrogen (secondary N) is 3.